The molecule has 1 heterocycles. The van der Waals surface area contributed by atoms with Gasteiger partial charge in [-0.2, -0.15) is 0 Å². The number of hydrogen-bond acceptors (Lipinski definition) is 1. The third kappa shape index (κ3) is 1.63. The molecule has 3 N–H and O–H groups in total. The molecule has 0 aliphatic rings. The van der Waals surface area contributed by atoms with Crippen LogP contribution in [0, 0.1) is 0 Å². The second-order valence-corrected chi connectivity index (χ2v) is 3.90. The molecular weight excluding hydrogens is 148 g/mol. The van der Waals surface area contributed by atoms with Gasteiger partial charge in [-0.15, -0.1) is 0 Å². The van der Waals surface area contributed by atoms with E-state index in [9.17, 15) is 0 Å². The first kappa shape index (κ1) is 9.17. The van der Waals surface area contributed by atoms with Gasteiger partial charge in [0, 0.05) is 11.4 Å². The van der Waals surface area contributed by atoms with E-state index < -0.39 is 0 Å². The van der Waals surface area contributed by atoms with Crippen molar-refractivity contribution in [1.29, 1.82) is 0 Å². The Morgan fingerprint density at radius 2 is 1.75 bits per heavy atom. The molecule has 0 bridgehead atoms. The van der Waals surface area contributed by atoms with E-state index in [1.54, 1.807) is 0 Å². The molecule has 0 saturated heterocycles. The zero-order valence-electron chi connectivity index (χ0n) is 8.31. The molecule has 2 nitrogen and oxygen atoms in total. The Hall–Kier alpha value is -0.920. The van der Waals surface area contributed by atoms with E-state index in [4.69, 9.17) is 5.73 Å². The molecule has 1 aromatic rings. The minimum absolute atomic E-state index is 0.484. The Morgan fingerprint density at radius 1 is 1.17 bits per heavy atom. The summed E-state index contributed by atoms with van der Waals surface area (Å²) < 4.78 is 0. The average Bonchev–Trinajstić information content (AvgIpc) is 2.30. The SMILES string of the molecule is CC(C)c1cc(N)c(C(C)C)[nH]1. The molecule has 1 aromatic heterocycles. The van der Waals surface area contributed by atoms with Gasteiger partial charge in [-0.05, 0) is 17.9 Å². The molecule has 0 unspecified atom stereocenters. The van der Waals surface area contributed by atoms with Crippen LogP contribution >= 0.6 is 0 Å². The molecule has 12 heavy (non-hydrogen) atoms. The van der Waals surface area contributed by atoms with Gasteiger partial charge in [0.15, 0.2) is 0 Å². The highest BCUT2D eigenvalue weighted by molar-refractivity contribution is 5.48. The van der Waals surface area contributed by atoms with Gasteiger partial charge in [-0.3, -0.25) is 0 Å². The van der Waals surface area contributed by atoms with Crippen LogP contribution in [0.25, 0.3) is 0 Å². The molecule has 1 rings (SSSR count). The second-order valence-electron chi connectivity index (χ2n) is 3.90. The maximum atomic E-state index is 5.85. The fraction of sp³-hybridized carbons (Fsp3) is 0.600. The number of nitrogen functional groups attached to an aromatic ring is 1. The third-order valence-electron chi connectivity index (χ3n) is 2.10. The fourth-order valence-electron chi connectivity index (χ4n) is 1.30. The standard InChI is InChI=1S/C10H18N2/c1-6(2)9-5-8(11)10(12-9)7(3)4/h5-7,12H,11H2,1-4H3. The van der Waals surface area contributed by atoms with Crippen molar-refractivity contribution in [2.24, 2.45) is 0 Å². The monoisotopic (exact) mass is 166 g/mol. The molecule has 0 fully saturated rings. The van der Waals surface area contributed by atoms with E-state index in [1.807, 2.05) is 6.07 Å². The lowest BCUT2D eigenvalue weighted by atomic mass is 10.1. The number of nitrogens with one attached hydrogen (secondary N) is 1. The molecule has 0 aromatic carbocycles. The Morgan fingerprint density at radius 3 is 2.00 bits per heavy atom. The van der Waals surface area contributed by atoms with Crippen molar-refractivity contribution in [3.05, 3.63) is 17.5 Å². The topological polar surface area (TPSA) is 41.8 Å². The van der Waals surface area contributed by atoms with Crippen LogP contribution < -0.4 is 5.73 Å². The van der Waals surface area contributed by atoms with Crippen LogP contribution in [0.5, 0.6) is 0 Å². The highest BCUT2D eigenvalue weighted by Gasteiger charge is 2.09. The van der Waals surface area contributed by atoms with Crippen molar-refractivity contribution in [1.82, 2.24) is 4.98 Å². The van der Waals surface area contributed by atoms with E-state index in [0.717, 1.165) is 5.69 Å². The first-order valence-corrected chi connectivity index (χ1v) is 4.50. The summed E-state index contributed by atoms with van der Waals surface area (Å²) >= 11 is 0. The largest absolute Gasteiger partial charge is 0.397 e. The molecule has 0 aliphatic carbocycles. The van der Waals surface area contributed by atoms with Crippen LogP contribution in [-0.2, 0) is 0 Å². The van der Waals surface area contributed by atoms with Crippen LogP contribution in [0.1, 0.15) is 50.9 Å². The predicted octanol–water partition coefficient (Wildman–Crippen LogP) is 2.84. The van der Waals surface area contributed by atoms with Crippen molar-refractivity contribution in [3.63, 3.8) is 0 Å². The quantitative estimate of drug-likeness (QED) is 0.697. The third-order valence-corrected chi connectivity index (χ3v) is 2.10. The van der Waals surface area contributed by atoms with E-state index in [-0.39, 0.29) is 0 Å². The number of anilines is 1. The molecule has 0 aliphatic heterocycles. The summed E-state index contributed by atoms with van der Waals surface area (Å²) in [5.41, 5.74) is 9.14. The summed E-state index contributed by atoms with van der Waals surface area (Å²) in [5.74, 6) is 1.01. The molecular formula is C10H18N2. The smallest absolute Gasteiger partial charge is 0.0530 e. The number of aromatic nitrogens is 1. The second kappa shape index (κ2) is 3.21. The summed E-state index contributed by atoms with van der Waals surface area (Å²) in [6.45, 7) is 8.61. The first-order chi connectivity index (χ1) is 5.52. The first-order valence-electron chi connectivity index (χ1n) is 4.50. The molecule has 2 heteroatoms. The molecule has 0 spiro atoms. The maximum absolute atomic E-state index is 5.85. The minimum Gasteiger partial charge on any atom is -0.397 e. The molecule has 68 valence electrons. The van der Waals surface area contributed by atoms with Crippen LogP contribution in [0.2, 0.25) is 0 Å². The van der Waals surface area contributed by atoms with Crippen LogP contribution in [0.15, 0.2) is 6.07 Å². The van der Waals surface area contributed by atoms with E-state index >= 15 is 0 Å². The Kier molecular flexibility index (Phi) is 2.46. The van der Waals surface area contributed by atoms with E-state index in [0.29, 0.717) is 11.8 Å². The van der Waals surface area contributed by atoms with Crippen molar-refractivity contribution in [2.45, 2.75) is 39.5 Å². The predicted molar refractivity (Wildman–Crippen MR) is 53.4 cm³/mol. The Labute approximate surface area is 74.2 Å². The van der Waals surface area contributed by atoms with Gasteiger partial charge in [0.05, 0.1) is 5.69 Å². The average molecular weight is 166 g/mol. The van der Waals surface area contributed by atoms with Crippen molar-refractivity contribution in [2.75, 3.05) is 5.73 Å². The van der Waals surface area contributed by atoms with Gasteiger partial charge >= 0.3 is 0 Å². The van der Waals surface area contributed by atoms with E-state index in [2.05, 4.69) is 32.7 Å². The van der Waals surface area contributed by atoms with Crippen LogP contribution in [0.4, 0.5) is 5.69 Å². The highest BCUT2D eigenvalue weighted by Crippen LogP contribution is 2.25. The van der Waals surface area contributed by atoms with Crippen molar-refractivity contribution in [3.8, 4) is 0 Å². The van der Waals surface area contributed by atoms with Gasteiger partial charge in [0.2, 0.25) is 0 Å². The summed E-state index contributed by atoms with van der Waals surface area (Å²) in [5, 5.41) is 0. The molecule has 0 atom stereocenters. The lowest BCUT2D eigenvalue weighted by molar-refractivity contribution is 0.788. The summed E-state index contributed by atoms with van der Waals surface area (Å²) in [7, 11) is 0. The maximum Gasteiger partial charge on any atom is 0.0530 e. The lowest BCUT2D eigenvalue weighted by Gasteiger charge is -2.03. The van der Waals surface area contributed by atoms with Crippen molar-refractivity contribution >= 4 is 5.69 Å². The summed E-state index contributed by atoms with van der Waals surface area (Å²) in [6.07, 6.45) is 0. The van der Waals surface area contributed by atoms with Crippen molar-refractivity contribution < 1.29 is 0 Å². The normalized spacial score (nSPS) is 11.5. The zero-order valence-corrected chi connectivity index (χ0v) is 8.31. The number of hydrogen-bond donors (Lipinski definition) is 2. The molecule has 0 amide bonds. The lowest BCUT2D eigenvalue weighted by Crippen LogP contribution is -1.94. The van der Waals surface area contributed by atoms with Gasteiger partial charge in [-0.25, -0.2) is 0 Å². The number of H-pyrrole nitrogens is 1. The van der Waals surface area contributed by atoms with Crippen LogP contribution in [0.3, 0.4) is 0 Å². The minimum atomic E-state index is 0.484. The Balaban J connectivity index is 3.00. The van der Waals surface area contributed by atoms with Gasteiger partial charge in [0.25, 0.3) is 0 Å². The number of nitrogens with two attached hydrogens (primary N) is 1. The number of aromatic amines is 1. The summed E-state index contributed by atoms with van der Waals surface area (Å²) in [6, 6.07) is 2.04. The van der Waals surface area contributed by atoms with Gasteiger partial charge < -0.3 is 10.7 Å². The number of rotatable bonds is 2. The fourth-order valence-corrected chi connectivity index (χ4v) is 1.30. The molecule has 0 saturated carbocycles. The Bertz CT molecular complexity index is 259. The zero-order chi connectivity index (χ0) is 9.30. The van der Waals surface area contributed by atoms with Gasteiger partial charge in [0.1, 0.15) is 0 Å². The van der Waals surface area contributed by atoms with Gasteiger partial charge in [-0.1, -0.05) is 27.7 Å². The molecule has 0 radical (unpaired) electrons. The highest BCUT2D eigenvalue weighted by atomic mass is 14.8. The summed E-state index contributed by atoms with van der Waals surface area (Å²) in [4.78, 5) is 3.36. The van der Waals surface area contributed by atoms with E-state index in [1.165, 1.54) is 11.4 Å². The van der Waals surface area contributed by atoms with Crippen LogP contribution in [-0.4, -0.2) is 4.98 Å².